The minimum atomic E-state index is -0.641. The fourth-order valence-electron chi connectivity index (χ4n) is 4.36. The average Bonchev–Trinajstić information content (AvgIpc) is 3.58. The summed E-state index contributed by atoms with van der Waals surface area (Å²) in [4.78, 5) is 22.4. The molecule has 2 fully saturated rings. The molecule has 0 heterocycles. The maximum Gasteiger partial charge on any atom is 0.309 e. The van der Waals surface area contributed by atoms with Crippen molar-refractivity contribution < 1.29 is 24.9 Å². The largest absolute Gasteiger partial charge is 0.508 e. The minimum absolute atomic E-state index is 0.343. The van der Waals surface area contributed by atoms with E-state index < -0.39 is 22.8 Å². The van der Waals surface area contributed by atoms with Gasteiger partial charge >= 0.3 is 11.9 Å². The number of benzene rings is 1. The van der Waals surface area contributed by atoms with Crippen molar-refractivity contribution in [2.75, 3.05) is 0 Å². The van der Waals surface area contributed by atoms with E-state index >= 15 is 0 Å². The number of aliphatic carboxylic acids is 2. The van der Waals surface area contributed by atoms with E-state index in [1.807, 2.05) is 6.07 Å². The molecule has 0 aromatic heterocycles. The first-order valence-corrected chi connectivity index (χ1v) is 11.1. The summed E-state index contributed by atoms with van der Waals surface area (Å²) in [7, 11) is 0. The van der Waals surface area contributed by atoms with Gasteiger partial charge in [-0.25, -0.2) is 0 Å². The van der Waals surface area contributed by atoms with Gasteiger partial charge in [-0.1, -0.05) is 37.8 Å². The van der Waals surface area contributed by atoms with E-state index in [4.69, 9.17) is 0 Å². The summed E-state index contributed by atoms with van der Waals surface area (Å²) in [6.07, 6.45) is 12.6. The van der Waals surface area contributed by atoms with Gasteiger partial charge < -0.3 is 15.3 Å². The van der Waals surface area contributed by atoms with Gasteiger partial charge in [-0.3, -0.25) is 9.59 Å². The van der Waals surface area contributed by atoms with Gasteiger partial charge in [-0.15, -0.1) is 0 Å². The van der Waals surface area contributed by atoms with Crippen molar-refractivity contribution in [3.8, 4) is 5.75 Å². The summed E-state index contributed by atoms with van der Waals surface area (Å²) in [6.45, 7) is 0. The Hall–Kier alpha value is -2.04. The third kappa shape index (κ3) is 5.74. The number of carboxylic acid groups (broad SMARTS) is 2. The van der Waals surface area contributed by atoms with Gasteiger partial charge in [-0.05, 0) is 81.4 Å². The fourth-order valence-corrected chi connectivity index (χ4v) is 4.36. The number of carboxylic acids is 2. The third-order valence-corrected chi connectivity index (χ3v) is 6.98. The maximum absolute atomic E-state index is 11.2. The van der Waals surface area contributed by atoms with Crippen LogP contribution >= 0.6 is 0 Å². The first kappa shape index (κ1) is 21.7. The van der Waals surface area contributed by atoms with Crippen LogP contribution in [0.3, 0.4) is 0 Å². The molecule has 0 aliphatic heterocycles. The first-order valence-electron chi connectivity index (χ1n) is 11.1. The Morgan fingerprint density at radius 2 is 1.28 bits per heavy atom. The average molecular weight is 403 g/mol. The zero-order valence-electron chi connectivity index (χ0n) is 17.3. The van der Waals surface area contributed by atoms with Gasteiger partial charge in [-0.2, -0.15) is 0 Å². The van der Waals surface area contributed by atoms with E-state index in [0.717, 1.165) is 95.5 Å². The number of hydrogen-bond acceptors (Lipinski definition) is 3. The second-order valence-electron chi connectivity index (χ2n) is 9.26. The Balaban J connectivity index is 1.33. The molecule has 0 saturated heterocycles. The number of phenolic OH excluding ortho intramolecular Hbond substituents is 1. The molecule has 0 unspecified atom stereocenters. The Morgan fingerprint density at radius 1 is 0.759 bits per heavy atom. The van der Waals surface area contributed by atoms with Crippen LogP contribution in [0.25, 0.3) is 0 Å². The smallest absolute Gasteiger partial charge is 0.309 e. The van der Waals surface area contributed by atoms with Gasteiger partial charge in [0, 0.05) is 0 Å². The standard InChI is InChI=1S/C24H34O5/c25-20-10-9-18(7-3-1-5-11-23(13-14-23)21(26)27)17-19(20)8-4-2-6-12-24(15-16-24)22(28)29/h9-10,17,25H,1-8,11-16H2,(H,26,27)(H,28,29). The van der Waals surface area contributed by atoms with Crippen molar-refractivity contribution in [2.45, 2.75) is 89.9 Å². The van der Waals surface area contributed by atoms with Crippen LogP contribution < -0.4 is 0 Å². The van der Waals surface area contributed by atoms with E-state index in [-0.39, 0.29) is 0 Å². The van der Waals surface area contributed by atoms with Crippen LogP contribution in [0.15, 0.2) is 18.2 Å². The van der Waals surface area contributed by atoms with Crippen LogP contribution in [0, 0.1) is 10.8 Å². The molecule has 3 N–H and O–H groups in total. The Labute approximate surface area is 173 Å². The molecule has 29 heavy (non-hydrogen) atoms. The monoisotopic (exact) mass is 402 g/mol. The van der Waals surface area contributed by atoms with E-state index in [1.165, 1.54) is 5.56 Å². The predicted molar refractivity (Wildman–Crippen MR) is 111 cm³/mol. The van der Waals surface area contributed by atoms with Crippen molar-refractivity contribution in [3.05, 3.63) is 29.3 Å². The summed E-state index contributed by atoms with van der Waals surface area (Å²) in [6, 6.07) is 5.84. The van der Waals surface area contributed by atoms with Gasteiger partial charge in [0.15, 0.2) is 0 Å². The summed E-state index contributed by atoms with van der Waals surface area (Å²) in [5.41, 5.74) is 1.37. The highest BCUT2D eigenvalue weighted by Gasteiger charge is 2.49. The van der Waals surface area contributed by atoms with Gasteiger partial charge in [0.2, 0.25) is 0 Å². The molecule has 1 aromatic rings. The molecule has 2 aliphatic rings. The number of carbonyl (C=O) groups is 2. The summed E-state index contributed by atoms with van der Waals surface area (Å²) < 4.78 is 0. The summed E-state index contributed by atoms with van der Waals surface area (Å²) in [5, 5.41) is 28.6. The lowest BCUT2D eigenvalue weighted by molar-refractivity contribution is -0.144. The maximum atomic E-state index is 11.2. The molecule has 5 nitrogen and oxygen atoms in total. The number of phenols is 1. The second-order valence-corrected chi connectivity index (χ2v) is 9.26. The van der Waals surface area contributed by atoms with Crippen LogP contribution in [0.5, 0.6) is 5.75 Å². The molecule has 160 valence electrons. The second kappa shape index (κ2) is 9.19. The number of aromatic hydroxyl groups is 1. The molecule has 0 spiro atoms. The molecule has 1 aromatic carbocycles. The number of rotatable bonds is 14. The molecular formula is C24H34O5. The topological polar surface area (TPSA) is 94.8 Å². The van der Waals surface area contributed by atoms with E-state index in [9.17, 15) is 24.9 Å². The molecule has 0 atom stereocenters. The SMILES string of the molecule is O=C(O)C1(CCCCCc2ccc(O)c(CCCCCC3(C(=O)O)CC3)c2)CC1. The van der Waals surface area contributed by atoms with E-state index in [1.54, 1.807) is 6.07 Å². The van der Waals surface area contributed by atoms with Crippen molar-refractivity contribution in [2.24, 2.45) is 10.8 Å². The first-order chi connectivity index (χ1) is 13.9. The molecular weight excluding hydrogens is 368 g/mol. The van der Waals surface area contributed by atoms with Crippen molar-refractivity contribution in [1.82, 2.24) is 0 Å². The fraction of sp³-hybridized carbons (Fsp3) is 0.667. The van der Waals surface area contributed by atoms with E-state index in [0.29, 0.717) is 5.75 Å². The molecule has 0 amide bonds. The highest BCUT2D eigenvalue weighted by Crippen LogP contribution is 2.50. The van der Waals surface area contributed by atoms with Gasteiger partial charge in [0.1, 0.15) is 5.75 Å². The zero-order chi connectivity index (χ0) is 20.9. The minimum Gasteiger partial charge on any atom is -0.508 e. The molecule has 5 heteroatoms. The summed E-state index contributed by atoms with van der Waals surface area (Å²) in [5.74, 6) is -0.927. The van der Waals surface area contributed by atoms with Crippen molar-refractivity contribution in [3.63, 3.8) is 0 Å². The quantitative estimate of drug-likeness (QED) is 0.366. The molecule has 3 rings (SSSR count). The highest BCUT2D eigenvalue weighted by molar-refractivity contribution is 5.78. The molecule has 0 bridgehead atoms. The van der Waals surface area contributed by atoms with Crippen molar-refractivity contribution >= 4 is 11.9 Å². The van der Waals surface area contributed by atoms with Crippen molar-refractivity contribution in [1.29, 1.82) is 0 Å². The van der Waals surface area contributed by atoms with Crippen LogP contribution in [0.2, 0.25) is 0 Å². The molecule has 2 aliphatic carbocycles. The van der Waals surface area contributed by atoms with Crippen LogP contribution in [-0.4, -0.2) is 27.3 Å². The highest BCUT2D eigenvalue weighted by atomic mass is 16.4. The third-order valence-electron chi connectivity index (χ3n) is 6.98. The number of aryl methyl sites for hydroxylation is 2. The van der Waals surface area contributed by atoms with Crippen LogP contribution in [0.4, 0.5) is 0 Å². The number of hydrogen-bond donors (Lipinski definition) is 3. The lowest BCUT2D eigenvalue weighted by atomic mass is 9.95. The summed E-state index contributed by atoms with van der Waals surface area (Å²) >= 11 is 0. The van der Waals surface area contributed by atoms with E-state index in [2.05, 4.69) is 6.07 Å². The molecule has 2 saturated carbocycles. The normalized spacial score (nSPS) is 18.3. The lowest BCUT2D eigenvalue weighted by Gasteiger charge is -2.11. The van der Waals surface area contributed by atoms with Crippen LogP contribution in [-0.2, 0) is 22.4 Å². The Kier molecular flexibility index (Phi) is 6.86. The number of unbranched alkanes of at least 4 members (excludes halogenated alkanes) is 4. The van der Waals surface area contributed by atoms with Gasteiger partial charge in [0.05, 0.1) is 10.8 Å². The zero-order valence-corrected chi connectivity index (χ0v) is 17.3. The Morgan fingerprint density at radius 3 is 1.76 bits per heavy atom. The lowest BCUT2D eigenvalue weighted by Crippen LogP contribution is -2.14. The van der Waals surface area contributed by atoms with Crippen LogP contribution in [0.1, 0.15) is 88.2 Å². The van der Waals surface area contributed by atoms with Gasteiger partial charge in [0.25, 0.3) is 0 Å². The predicted octanol–water partition coefficient (Wildman–Crippen LogP) is 5.33. The Bertz CT molecular complexity index is 731. The molecule has 0 radical (unpaired) electrons.